The Balaban J connectivity index is 1.61. The van der Waals surface area contributed by atoms with Gasteiger partial charge in [0.05, 0.1) is 5.92 Å². The second-order valence-corrected chi connectivity index (χ2v) is 7.28. The lowest BCUT2D eigenvalue weighted by molar-refractivity contribution is -0.126. The van der Waals surface area contributed by atoms with Crippen LogP contribution in [0.3, 0.4) is 0 Å². The zero-order valence-corrected chi connectivity index (χ0v) is 16.9. The molecule has 1 heterocycles. The first-order chi connectivity index (χ1) is 13.9. The Labute approximate surface area is 170 Å². The predicted molar refractivity (Wildman–Crippen MR) is 113 cm³/mol. The lowest BCUT2D eigenvalue weighted by Crippen LogP contribution is -2.45. The van der Waals surface area contributed by atoms with Crippen molar-refractivity contribution in [3.63, 3.8) is 0 Å². The Morgan fingerprint density at radius 3 is 2.59 bits per heavy atom. The van der Waals surface area contributed by atoms with Gasteiger partial charge in [0.2, 0.25) is 11.8 Å². The van der Waals surface area contributed by atoms with Crippen LogP contribution in [0.5, 0.6) is 0 Å². The van der Waals surface area contributed by atoms with Gasteiger partial charge in [-0.25, -0.2) is 0 Å². The van der Waals surface area contributed by atoms with Crippen LogP contribution in [0.25, 0.3) is 0 Å². The molecule has 1 unspecified atom stereocenters. The number of carbonyl (C=O) groups is 3. The molecule has 1 saturated heterocycles. The molecule has 7 nitrogen and oxygen atoms in total. The van der Waals surface area contributed by atoms with Gasteiger partial charge in [0, 0.05) is 44.0 Å². The maximum absolute atomic E-state index is 12.5. The van der Waals surface area contributed by atoms with Crippen LogP contribution < -0.4 is 20.7 Å². The Hall–Kier alpha value is -3.35. The zero-order chi connectivity index (χ0) is 21.0. The van der Waals surface area contributed by atoms with E-state index in [1.807, 2.05) is 56.3 Å². The minimum Gasteiger partial charge on any atom is -0.378 e. The third kappa shape index (κ3) is 4.56. The molecule has 152 valence electrons. The summed E-state index contributed by atoms with van der Waals surface area (Å²) in [6.45, 7) is 2.33. The van der Waals surface area contributed by atoms with Crippen LogP contribution in [-0.2, 0) is 16.0 Å². The number of rotatable bonds is 5. The van der Waals surface area contributed by atoms with Crippen molar-refractivity contribution in [2.45, 2.75) is 19.8 Å². The molecule has 0 radical (unpaired) electrons. The average molecular weight is 394 g/mol. The summed E-state index contributed by atoms with van der Waals surface area (Å²) in [6, 6.07) is 14.8. The highest BCUT2D eigenvalue weighted by Gasteiger charge is 2.36. The summed E-state index contributed by atoms with van der Waals surface area (Å²) in [6.07, 6.45) is 0.925. The van der Waals surface area contributed by atoms with Crippen LogP contribution in [0.1, 0.15) is 29.3 Å². The SMILES string of the molecule is CCc1ccccc1N1CC(C(=O)NNC(=O)c2cccc(N(C)C)c2)CC1=O. The van der Waals surface area contributed by atoms with E-state index < -0.39 is 11.8 Å². The van der Waals surface area contributed by atoms with E-state index in [-0.39, 0.29) is 18.2 Å². The monoisotopic (exact) mass is 394 g/mol. The highest BCUT2D eigenvalue weighted by atomic mass is 16.2. The summed E-state index contributed by atoms with van der Waals surface area (Å²) < 4.78 is 0. The minimum atomic E-state index is -0.513. The van der Waals surface area contributed by atoms with Crippen molar-refractivity contribution >= 4 is 29.1 Å². The first-order valence-corrected chi connectivity index (χ1v) is 9.66. The lowest BCUT2D eigenvalue weighted by Gasteiger charge is -2.20. The molecule has 0 saturated carbocycles. The van der Waals surface area contributed by atoms with E-state index in [1.54, 1.807) is 23.1 Å². The molecule has 1 atom stereocenters. The molecule has 0 bridgehead atoms. The van der Waals surface area contributed by atoms with Crippen molar-refractivity contribution in [3.05, 3.63) is 59.7 Å². The lowest BCUT2D eigenvalue weighted by atomic mass is 10.1. The highest BCUT2D eigenvalue weighted by Crippen LogP contribution is 2.28. The molecule has 0 aromatic heterocycles. The Kier molecular flexibility index (Phi) is 6.16. The molecule has 1 aliphatic heterocycles. The normalized spacial score (nSPS) is 15.9. The quantitative estimate of drug-likeness (QED) is 0.762. The highest BCUT2D eigenvalue weighted by molar-refractivity contribution is 6.01. The number of benzene rings is 2. The Morgan fingerprint density at radius 1 is 1.10 bits per heavy atom. The molecule has 2 N–H and O–H groups in total. The van der Waals surface area contributed by atoms with Gasteiger partial charge in [0.1, 0.15) is 0 Å². The molecule has 2 aromatic rings. The number of carbonyl (C=O) groups excluding carboxylic acids is 3. The number of amides is 3. The summed E-state index contributed by atoms with van der Waals surface area (Å²) in [7, 11) is 3.77. The smallest absolute Gasteiger partial charge is 0.269 e. The van der Waals surface area contributed by atoms with Crippen molar-refractivity contribution in [2.75, 3.05) is 30.4 Å². The number of nitrogens with one attached hydrogen (secondary N) is 2. The van der Waals surface area contributed by atoms with Gasteiger partial charge in [-0.2, -0.15) is 0 Å². The first kappa shape index (κ1) is 20.4. The molecule has 29 heavy (non-hydrogen) atoms. The Bertz CT molecular complexity index is 926. The van der Waals surface area contributed by atoms with Gasteiger partial charge in [0.15, 0.2) is 0 Å². The number of para-hydroxylation sites is 1. The first-order valence-electron chi connectivity index (χ1n) is 9.66. The number of anilines is 2. The fourth-order valence-electron chi connectivity index (χ4n) is 3.41. The van der Waals surface area contributed by atoms with Crippen molar-refractivity contribution in [2.24, 2.45) is 5.92 Å². The van der Waals surface area contributed by atoms with Gasteiger partial charge in [-0.1, -0.05) is 31.2 Å². The van der Waals surface area contributed by atoms with Gasteiger partial charge in [-0.3, -0.25) is 25.2 Å². The van der Waals surface area contributed by atoms with E-state index in [2.05, 4.69) is 10.9 Å². The third-order valence-corrected chi connectivity index (χ3v) is 5.08. The maximum Gasteiger partial charge on any atom is 0.269 e. The summed E-state index contributed by atoms with van der Waals surface area (Å²) in [5, 5.41) is 0. The second-order valence-electron chi connectivity index (χ2n) is 7.28. The fourth-order valence-corrected chi connectivity index (χ4v) is 3.41. The molecule has 2 aromatic carbocycles. The van der Waals surface area contributed by atoms with Crippen molar-refractivity contribution < 1.29 is 14.4 Å². The molecule has 0 spiro atoms. The van der Waals surface area contributed by atoms with Crippen LogP contribution in [0.15, 0.2) is 48.5 Å². The predicted octanol–water partition coefficient (Wildman–Crippen LogP) is 2.13. The number of aryl methyl sites for hydroxylation is 1. The summed E-state index contributed by atoms with van der Waals surface area (Å²) in [5.41, 5.74) is 8.15. The summed E-state index contributed by atoms with van der Waals surface area (Å²) >= 11 is 0. The molecule has 7 heteroatoms. The van der Waals surface area contributed by atoms with E-state index >= 15 is 0 Å². The number of hydrazine groups is 1. The molecule has 1 aliphatic rings. The third-order valence-electron chi connectivity index (χ3n) is 5.08. The minimum absolute atomic E-state index is 0.0870. The van der Waals surface area contributed by atoms with E-state index in [0.717, 1.165) is 23.4 Å². The molecule has 1 fully saturated rings. The number of hydrogen-bond acceptors (Lipinski definition) is 4. The summed E-state index contributed by atoms with van der Waals surface area (Å²) in [4.78, 5) is 40.9. The van der Waals surface area contributed by atoms with Gasteiger partial charge < -0.3 is 9.80 Å². The molecule has 3 rings (SSSR count). The Morgan fingerprint density at radius 2 is 1.86 bits per heavy atom. The van der Waals surface area contributed by atoms with E-state index in [4.69, 9.17) is 0 Å². The van der Waals surface area contributed by atoms with E-state index in [1.165, 1.54) is 0 Å². The van der Waals surface area contributed by atoms with Crippen LogP contribution in [0, 0.1) is 5.92 Å². The van der Waals surface area contributed by atoms with E-state index in [0.29, 0.717) is 12.1 Å². The maximum atomic E-state index is 12.5. The zero-order valence-electron chi connectivity index (χ0n) is 16.9. The van der Waals surface area contributed by atoms with Crippen molar-refractivity contribution in [3.8, 4) is 0 Å². The fraction of sp³-hybridized carbons (Fsp3) is 0.318. The number of nitrogens with zero attached hydrogens (tertiary/aromatic N) is 2. The molecular formula is C22H26N4O3. The van der Waals surface area contributed by atoms with Crippen LogP contribution in [-0.4, -0.2) is 38.4 Å². The van der Waals surface area contributed by atoms with Gasteiger partial charge in [-0.15, -0.1) is 0 Å². The van der Waals surface area contributed by atoms with Gasteiger partial charge in [0.25, 0.3) is 5.91 Å². The van der Waals surface area contributed by atoms with Gasteiger partial charge >= 0.3 is 0 Å². The number of hydrogen-bond donors (Lipinski definition) is 2. The van der Waals surface area contributed by atoms with Crippen LogP contribution in [0.2, 0.25) is 0 Å². The second kappa shape index (κ2) is 8.77. The molecular weight excluding hydrogens is 368 g/mol. The molecule has 3 amide bonds. The standard InChI is InChI=1S/C22H26N4O3/c1-4-15-8-5-6-11-19(15)26-14-17(13-20(26)27)22(29)24-23-21(28)16-9-7-10-18(12-16)25(2)3/h5-12,17H,4,13-14H2,1-3H3,(H,23,28)(H,24,29). The molecule has 0 aliphatic carbocycles. The summed E-state index contributed by atoms with van der Waals surface area (Å²) in [5.74, 6) is -1.37. The topological polar surface area (TPSA) is 81.8 Å². The van der Waals surface area contributed by atoms with Crippen LogP contribution >= 0.6 is 0 Å². The van der Waals surface area contributed by atoms with Crippen molar-refractivity contribution in [1.82, 2.24) is 10.9 Å². The largest absolute Gasteiger partial charge is 0.378 e. The van der Waals surface area contributed by atoms with Crippen LogP contribution in [0.4, 0.5) is 11.4 Å². The van der Waals surface area contributed by atoms with Gasteiger partial charge in [-0.05, 0) is 36.2 Å². The van der Waals surface area contributed by atoms with E-state index in [9.17, 15) is 14.4 Å². The van der Waals surface area contributed by atoms with Crippen molar-refractivity contribution in [1.29, 1.82) is 0 Å². The average Bonchev–Trinajstić information content (AvgIpc) is 3.13.